The highest BCUT2D eigenvalue weighted by molar-refractivity contribution is 5.83. The van der Waals surface area contributed by atoms with Crippen molar-refractivity contribution in [1.29, 1.82) is 0 Å². The summed E-state index contributed by atoms with van der Waals surface area (Å²) in [5, 5.41) is 1.32. The molecule has 0 radical (unpaired) electrons. The van der Waals surface area contributed by atoms with Gasteiger partial charge >= 0.3 is 0 Å². The number of benzene rings is 1. The molecule has 1 heterocycles. The molecule has 0 saturated heterocycles. The monoisotopic (exact) mass is 205 g/mol. The second-order valence-electron chi connectivity index (χ2n) is 3.92. The van der Waals surface area contributed by atoms with Crippen LogP contribution in [0.4, 0.5) is 0 Å². The lowest BCUT2D eigenvalue weighted by Gasteiger charge is -1.98. The highest BCUT2D eigenvalue weighted by atomic mass is 14.7. The molecule has 0 aliphatic heterocycles. The Labute approximate surface area is 94.0 Å². The van der Waals surface area contributed by atoms with E-state index in [0.717, 1.165) is 0 Å². The SMILES string of the molecule is CC.Cc1cccc2cc(C(C)C)[nH]c12.[HH]. The van der Waals surface area contributed by atoms with Crippen molar-refractivity contribution in [3.8, 4) is 0 Å². The summed E-state index contributed by atoms with van der Waals surface area (Å²) < 4.78 is 0. The van der Waals surface area contributed by atoms with Crippen molar-refractivity contribution in [3.05, 3.63) is 35.5 Å². The lowest BCUT2D eigenvalue weighted by Crippen LogP contribution is -1.85. The lowest BCUT2D eigenvalue weighted by molar-refractivity contribution is 0.836. The number of para-hydroxylation sites is 1. The minimum atomic E-state index is 0. The maximum Gasteiger partial charge on any atom is 0.0485 e. The predicted molar refractivity (Wildman–Crippen MR) is 70.6 cm³/mol. The summed E-state index contributed by atoms with van der Waals surface area (Å²) in [6.07, 6.45) is 0. The molecule has 1 aromatic carbocycles. The van der Waals surface area contributed by atoms with Gasteiger partial charge < -0.3 is 4.98 Å². The van der Waals surface area contributed by atoms with Crippen LogP contribution in [-0.2, 0) is 0 Å². The molecule has 1 aromatic heterocycles. The molecule has 2 aromatic rings. The number of H-pyrrole nitrogens is 1. The van der Waals surface area contributed by atoms with E-state index in [0.29, 0.717) is 5.92 Å². The first-order chi connectivity index (χ1) is 7.18. The topological polar surface area (TPSA) is 15.8 Å². The van der Waals surface area contributed by atoms with Gasteiger partial charge in [-0.3, -0.25) is 0 Å². The largest absolute Gasteiger partial charge is 0.358 e. The average molecular weight is 205 g/mol. The summed E-state index contributed by atoms with van der Waals surface area (Å²) in [5.41, 5.74) is 3.93. The van der Waals surface area contributed by atoms with E-state index in [1.54, 1.807) is 0 Å². The fourth-order valence-corrected chi connectivity index (χ4v) is 1.64. The molecule has 0 fully saturated rings. The first-order valence-corrected chi connectivity index (χ1v) is 5.76. The molecule has 15 heavy (non-hydrogen) atoms. The van der Waals surface area contributed by atoms with Crippen molar-refractivity contribution in [2.45, 2.75) is 40.5 Å². The van der Waals surface area contributed by atoms with Gasteiger partial charge in [0.1, 0.15) is 0 Å². The molecule has 1 heteroatoms. The van der Waals surface area contributed by atoms with Crippen LogP contribution in [-0.4, -0.2) is 4.98 Å². The number of aromatic nitrogens is 1. The first kappa shape index (κ1) is 11.8. The van der Waals surface area contributed by atoms with Gasteiger partial charge in [0.25, 0.3) is 0 Å². The second-order valence-corrected chi connectivity index (χ2v) is 3.92. The van der Waals surface area contributed by atoms with Crippen LogP contribution in [0.2, 0.25) is 0 Å². The van der Waals surface area contributed by atoms with Gasteiger partial charge in [-0.1, -0.05) is 45.9 Å². The van der Waals surface area contributed by atoms with E-state index in [4.69, 9.17) is 0 Å². The fraction of sp³-hybridized carbons (Fsp3) is 0.429. The molecular formula is C14H23N. The molecule has 0 bridgehead atoms. The summed E-state index contributed by atoms with van der Waals surface area (Å²) >= 11 is 0. The van der Waals surface area contributed by atoms with Crippen LogP contribution in [0, 0.1) is 6.92 Å². The number of aromatic amines is 1. The van der Waals surface area contributed by atoms with Gasteiger partial charge in [0.05, 0.1) is 0 Å². The molecule has 0 aliphatic carbocycles. The van der Waals surface area contributed by atoms with E-state index in [2.05, 4.69) is 50.0 Å². The zero-order valence-corrected chi connectivity index (χ0v) is 10.4. The van der Waals surface area contributed by atoms with Crippen LogP contribution in [0.15, 0.2) is 24.3 Å². The lowest BCUT2D eigenvalue weighted by atomic mass is 10.1. The quantitative estimate of drug-likeness (QED) is 0.683. The summed E-state index contributed by atoms with van der Waals surface area (Å²) in [4.78, 5) is 3.46. The Kier molecular flexibility index (Phi) is 3.96. The fourth-order valence-electron chi connectivity index (χ4n) is 1.64. The maximum atomic E-state index is 3.46. The van der Waals surface area contributed by atoms with Gasteiger partial charge in [0.15, 0.2) is 0 Å². The Bertz CT molecular complexity index is 429. The van der Waals surface area contributed by atoms with Gasteiger partial charge in [-0.15, -0.1) is 0 Å². The van der Waals surface area contributed by atoms with Gasteiger partial charge in [0, 0.05) is 12.6 Å². The third kappa shape index (κ3) is 2.41. The number of hydrogen-bond acceptors (Lipinski definition) is 0. The van der Waals surface area contributed by atoms with E-state index in [1.165, 1.54) is 22.2 Å². The van der Waals surface area contributed by atoms with Crippen LogP contribution >= 0.6 is 0 Å². The highest BCUT2D eigenvalue weighted by Gasteiger charge is 2.04. The third-order valence-corrected chi connectivity index (χ3v) is 2.51. The molecule has 0 saturated carbocycles. The minimum absolute atomic E-state index is 0. The number of hydrogen-bond donors (Lipinski definition) is 1. The Hall–Kier alpha value is -1.24. The number of rotatable bonds is 1. The summed E-state index contributed by atoms with van der Waals surface area (Å²) in [6, 6.07) is 8.65. The smallest absolute Gasteiger partial charge is 0.0485 e. The number of nitrogens with one attached hydrogen (secondary N) is 1. The van der Waals surface area contributed by atoms with Crippen molar-refractivity contribution in [2.24, 2.45) is 0 Å². The molecule has 0 unspecified atom stereocenters. The van der Waals surface area contributed by atoms with Crippen LogP contribution in [0.1, 0.15) is 46.3 Å². The van der Waals surface area contributed by atoms with Crippen molar-refractivity contribution in [2.75, 3.05) is 0 Å². The Balaban J connectivity index is 0.000000711. The highest BCUT2D eigenvalue weighted by Crippen LogP contribution is 2.22. The summed E-state index contributed by atoms with van der Waals surface area (Å²) in [7, 11) is 0. The van der Waals surface area contributed by atoms with Crippen LogP contribution in [0.5, 0.6) is 0 Å². The number of fused-ring (bicyclic) bond motifs is 1. The zero-order valence-electron chi connectivity index (χ0n) is 10.4. The van der Waals surface area contributed by atoms with E-state index in [9.17, 15) is 0 Å². The molecule has 2 rings (SSSR count). The molecule has 0 atom stereocenters. The summed E-state index contributed by atoms with van der Waals surface area (Å²) in [5.74, 6) is 0.576. The summed E-state index contributed by atoms with van der Waals surface area (Å²) in [6.45, 7) is 10.6. The van der Waals surface area contributed by atoms with E-state index >= 15 is 0 Å². The second kappa shape index (κ2) is 5.01. The van der Waals surface area contributed by atoms with Gasteiger partial charge in [-0.2, -0.15) is 0 Å². The van der Waals surface area contributed by atoms with Crippen LogP contribution < -0.4 is 0 Å². The van der Waals surface area contributed by atoms with Crippen LogP contribution in [0.25, 0.3) is 10.9 Å². The molecule has 1 N–H and O–H groups in total. The molecule has 0 spiro atoms. The maximum absolute atomic E-state index is 3.46. The molecule has 84 valence electrons. The standard InChI is InChI=1S/C12H15N.C2H6.H2/c1-8(2)11-7-10-6-4-5-9(3)12(10)13-11;1-2;/h4-8,13H,1-3H3;1-2H3;1H. The molecule has 0 amide bonds. The Morgan fingerprint density at radius 2 is 1.87 bits per heavy atom. The van der Waals surface area contributed by atoms with E-state index in [-0.39, 0.29) is 1.43 Å². The van der Waals surface area contributed by atoms with Gasteiger partial charge in [-0.05, 0) is 29.9 Å². The predicted octanol–water partition coefficient (Wildman–Crippen LogP) is 4.87. The van der Waals surface area contributed by atoms with Crippen molar-refractivity contribution >= 4 is 10.9 Å². The number of aryl methyl sites for hydroxylation is 1. The molecular weight excluding hydrogens is 182 g/mol. The van der Waals surface area contributed by atoms with Gasteiger partial charge in [0.2, 0.25) is 0 Å². The Morgan fingerprint density at radius 3 is 2.40 bits per heavy atom. The third-order valence-electron chi connectivity index (χ3n) is 2.51. The first-order valence-electron chi connectivity index (χ1n) is 5.76. The Morgan fingerprint density at radius 1 is 1.20 bits per heavy atom. The molecule has 0 aliphatic rings. The van der Waals surface area contributed by atoms with Crippen LogP contribution in [0.3, 0.4) is 0 Å². The van der Waals surface area contributed by atoms with E-state index in [1.807, 2.05) is 13.8 Å². The van der Waals surface area contributed by atoms with Crippen molar-refractivity contribution < 1.29 is 1.43 Å². The van der Waals surface area contributed by atoms with Gasteiger partial charge in [-0.25, -0.2) is 0 Å². The normalized spacial score (nSPS) is 10.3. The van der Waals surface area contributed by atoms with E-state index < -0.39 is 0 Å². The van der Waals surface area contributed by atoms with Crippen molar-refractivity contribution in [3.63, 3.8) is 0 Å². The zero-order chi connectivity index (χ0) is 11.4. The van der Waals surface area contributed by atoms with Crippen molar-refractivity contribution in [1.82, 2.24) is 4.98 Å². The average Bonchev–Trinajstić information content (AvgIpc) is 2.66. The minimum Gasteiger partial charge on any atom is -0.358 e. The molecule has 1 nitrogen and oxygen atoms in total.